The number of alkyl halides is 7. The Morgan fingerprint density at radius 2 is 1.30 bits per heavy atom. The van der Waals surface area contributed by atoms with Crippen LogP contribution in [0.15, 0.2) is 60.2 Å². The summed E-state index contributed by atoms with van der Waals surface area (Å²) in [5.74, 6) is -6.28. The van der Waals surface area contributed by atoms with Crippen LogP contribution in [-0.4, -0.2) is 17.4 Å². The molecule has 0 aliphatic heterocycles. The first-order chi connectivity index (χ1) is 15.0. The maximum absolute atomic E-state index is 14.8. The Morgan fingerprint density at radius 1 is 0.818 bits per heavy atom. The van der Waals surface area contributed by atoms with E-state index >= 15 is 0 Å². The topological polar surface area (TPSA) is 0 Å². The van der Waals surface area contributed by atoms with Gasteiger partial charge < -0.3 is 0 Å². The maximum atomic E-state index is 14.8. The summed E-state index contributed by atoms with van der Waals surface area (Å²) < 4.78 is 94.2. The minimum atomic E-state index is -6.45. The highest BCUT2D eigenvalue weighted by Crippen LogP contribution is 2.63. The molecule has 1 aliphatic carbocycles. The quantitative estimate of drug-likeness (QED) is 0.348. The van der Waals surface area contributed by atoms with E-state index in [0.717, 1.165) is 0 Å². The van der Waals surface area contributed by atoms with E-state index in [2.05, 4.69) is 0 Å². The molecule has 10 heteroatoms. The predicted molar refractivity (Wildman–Crippen MR) is 118 cm³/mol. The average Bonchev–Trinajstić information content (AvgIpc) is 2.66. The lowest BCUT2D eigenvalue weighted by Gasteiger charge is -2.47. The Labute approximate surface area is 201 Å². The molecule has 0 amide bonds. The summed E-state index contributed by atoms with van der Waals surface area (Å²) in [5.41, 5.74) is -0.156. The molecule has 33 heavy (non-hydrogen) atoms. The number of halogens is 9. The smallest absolute Gasteiger partial charge is 0.188 e. The van der Waals surface area contributed by atoms with Gasteiger partial charge in [0.1, 0.15) is 0 Å². The zero-order valence-corrected chi connectivity index (χ0v) is 19.6. The summed E-state index contributed by atoms with van der Waals surface area (Å²) in [6.07, 6.45) is -3.75. The molecule has 0 N–H and O–H groups in total. The van der Waals surface area contributed by atoms with E-state index in [4.69, 9.17) is 23.2 Å². The number of hydrogen-bond acceptors (Lipinski definition) is 1. The standard InChI is InChI=1S/C23H18Cl2F7S/c1-14-11-19(2,15-7-3-5-9-17(15)24)13-20(12-14,16-8-4-6-10-18(16)25)33-23(31,32)21(26,27)22(28,29)30/h3-12H,13H2,1-2H3. The molecule has 0 spiro atoms. The number of rotatable bonds is 5. The van der Waals surface area contributed by atoms with E-state index in [1.807, 2.05) is 0 Å². The molecule has 0 saturated carbocycles. The van der Waals surface area contributed by atoms with Crippen LogP contribution < -0.4 is 0 Å². The highest BCUT2D eigenvalue weighted by molar-refractivity contribution is 8.01. The Bertz CT molecular complexity index is 1070. The van der Waals surface area contributed by atoms with Gasteiger partial charge in [0.2, 0.25) is 0 Å². The third kappa shape index (κ3) is 4.76. The molecular formula is C23H18Cl2F7S. The molecular weight excluding hydrogens is 512 g/mol. The third-order valence-electron chi connectivity index (χ3n) is 5.49. The van der Waals surface area contributed by atoms with Crippen LogP contribution in [0.3, 0.4) is 0 Å². The molecule has 179 valence electrons. The van der Waals surface area contributed by atoms with Gasteiger partial charge in [-0.15, -0.1) is 0 Å². The zero-order valence-electron chi connectivity index (χ0n) is 17.3. The third-order valence-corrected chi connectivity index (χ3v) is 7.51. The maximum Gasteiger partial charge on any atom is 0.460 e. The Hall–Kier alpha value is -1.38. The largest absolute Gasteiger partial charge is 0.460 e. The van der Waals surface area contributed by atoms with Crippen LogP contribution in [0.25, 0.3) is 0 Å². The lowest BCUT2D eigenvalue weighted by atomic mass is 9.66. The first kappa shape index (κ1) is 26.2. The van der Waals surface area contributed by atoms with Crippen molar-refractivity contribution in [1.82, 2.24) is 0 Å². The van der Waals surface area contributed by atoms with Crippen LogP contribution in [-0.2, 0) is 10.2 Å². The fraction of sp³-hybridized carbons (Fsp3) is 0.348. The van der Waals surface area contributed by atoms with Crippen molar-refractivity contribution in [3.63, 3.8) is 0 Å². The second-order valence-electron chi connectivity index (χ2n) is 8.17. The van der Waals surface area contributed by atoms with Gasteiger partial charge >= 0.3 is 17.4 Å². The van der Waals surface area contributed by atoms with Crippen molar-refractivity contribution in [2.45, 2.75) is 47.8 Å². The summed E-state index contributed by atoms with van der Waals surface area (Å²) in [6.45, 7) is 3.22. The van der Waals surface area contributed by atoms with E-state index in [1.165, 1.54) is 30.3 Å². The Morgan fingerprint density at radius 3 is 1.79 bits per heavy atom. The van der Waals surface area contributed by atoms with Gasteiger partial charge in [0.05, 0.1) is 4.75 Å². The molecule has 2 atom stereocenters. The van der Waals surface area contributed by atoms with E-state index in [-0.39, 0.29) is 17.0 Å². The summed E-state index contributed by atoms with van der Waals surface area (Å²) in [6, 6.07) is 12.2. The summed E-state index contributed by atoms with van der Waals surface area (Å²) in [4.78, 5) is 0. The van der Waals surface area contributed by atoms with Gasteiger partial charge in [0.25, 0.3) is 0 Å². The number of hydrogen-bond donors (Lipinski definition) is 0. The second-order valence-corrected chi connectivity index (χ2v) is 10.4. The van der Waals surface area contributed by atoms with Gasteiger partial charge in [-0.05, 0) is 43.0 Å². The molecule has 0 fully saturated rings. The van der Waals surface area contributed by atoms with Gasteiger partial charge in [-0.3, -0.25) is 0 Å². The molecule has 0 aromatic heterocycles. The molecule has 2 aromatic rings. The van der Waals surface area contributed by atoms with Crippen molar-refractivity contribution in [2.24, 2.45) is 0 Å². The minimum absolute atomic E-state index is 0.0000414. The normalized spacial score (nSPS) is 24.5. The first-order valence-electron chi connectivity index (χ1n) is 9.63. The van der Waals surface area contributed by atoms with Crippen LogP contribution in [0, 0.1) is 6.42 Å². The molecule has 0 heterocycles. The molecule has 0 nitrogen and oxygen atoms in total. The second kappa shape index (κ2) is 8.68. The SMILES string of the molecule is CC1=CC(SC(F)(F)C(F)(F)C(F)(F)F)(c2ccccc2Cl)CC(C)(c2ccccc2Cl)[CH]1. The number of thioether (sulfide) groups is 1. The van der Waals surface area contributed by atoms with E-state index in [9.17, 15) is 30.7 Å². The van der Waals surface area contributed by atoms with Gasteiger partial charge in [-0.2, -0.15) is 30.7 Å². The van der Waals surface area contributed by atoms with Crippen molar-refractivity contribution in [1.29, 1.82) is 0 Å². The van der Waals surface area contributed by atoms with Crippen molar-refractivity contribution in [3.05, 3.63) is 87.8 Å². The number of allylic oxidation sites excluding steroid dienone is 1. The van der Waals surface area contributed by atoms with Crippen molar-refractivity contribution >= 4 is 35.0 Å². The molecule has 1 radical (unpaired) electrons. The average molecular weight is 530 g/mol. The van der Waals surface area contributed by atoms with Crippen LogP contribution in [0.1, 0.15) is 31.4 Å². The minimum Gasteiger partial charge on any atom is -0.188 e. The van der Waals surface area contributed by atoms with E-state index < -0.39 is 39.3 Å². The lowest BCUT2D eigenvalue weighted by molar-refractivity contribution is -0.330. The molecule has 2 unspecified atom stereocenters. The van der Waals surface area contributed by atoms with Crippen molar-refractivity contribution in [2.75, 3.05) is 0 Å². The lowest BCUT2D eigenvalue weighted by Crippen LogP contribution is -2.52. The van der Waals surface area contributed by atoms with Crippen molar-refractivity contribution in [3.8, 4) is 0 Å². The molecule has 1 aliphatic rings. The van der Waals surface area contributed by atoms with Crippen LogP contribution in [0.5, 0.6) is 0 Å². The van der Waals surface area contributed by atoms with Gasteiger partial charge in [0, 0.05) is 15.5 Å². The molecule has 0 bridgehead atoms. The predicted octanol–water partition coefficient (Wildman–Crippen LogP) is 9.22. The van der Waals surface area contributed by atoms with Gasteiger partial charge in [-0.1, -0.05) is 89.9 Å². The highest BCUT2D eigenvalue weighted by atomic mass is 35.5. The molecule has 3 rings (SSSR count). The zero-order chi connectivity index (χ0) is 24.9. The number of benzene rings is 2. The van der Waals surface area contributed by atoms with Crippen molar-refractivity contribution < 1.29 is 30.7 Å². The van der Waals surface area contributed by atoms with Gasteiger partial charge in [0.15, 0.2) is 0 Å². The fourth-order valence-electron chi connectivity index (χ4n) is 4.21. The summed E-state index contributed by atoms with van der Waals surface area (Å²) in [7, 11) is 0. The van der Waals surface area contributed by atoms with Crippen LogP contribution in [0.2, 0.25) is 10.0 Å². The monoisotopic (exact) mass is 529 g/mol. The van der Waals surface area contributed by atoms with Crippen LogP contribution in [0.4, 0.5) is 30.7 Å². The Kier molecular flexibility index (Phi) is 6.90. The summed E-state index contributed by atoms with van der Waals surface area (Å²) >= 11 is 11.9. The van der Waals surface area contributed by atoms with E-state index in [0.29, 0.717) is 16.2 Å². The van der Waals surface area contributed by atoms with E-state index in [1.54, 1.807) is 44.5 Å². The molecule has 0 saturated heterocycles. The molecule has 2 aromatic carbocycles. The fourth-order valence-corrected chi connectivity index (χ4v) is 6.53. The van der Waals surface area contributed by atoms with Crippen LogP contribution >= 0.6 is 35.0 Å². The summed E-state index contributed by atoms with van der Waals surface area (Å²) in [5, 5.41) is -5.24. The Balaban J connectivity index is 2.24. The first-order valence-corrected chi connectivity index (χ1v) is 11.2. The van der Waals surface area contributed by atoms with Gasteiger partial charge in [-0.25, -0.2) is 0 Å². The highest BCUT2D eigenvalue weighted by Gasteiger charge is 2.75.